The monoisotopic (exact) mass is 357 g/mol. The Morgan fingerprint density at radius 2 is 1.88 bits per heavy atom. The van der Waals surface area contributed by atoms with E-state index in [-0.39, 0.29) is 11.8 Å². The maximum atomic E-state index is 12.3. The zero-order valence-electron chi connectivity index (χ0n) is 15.3. The first-order valence-electron chi connectivity index (χ1n) is 8.65. The zero-order valence-corrected chi connectivity index (χ0v) is 15.3. The SMILES string of the molecule is CC(C)c1nc(Cc2ccc(NC(=O)[C@H]3[C@H](C(=O)O)C3(C)C)cc2)no1. The van der Waals surface area contributed by atoms with Crippen molar-refractivity contribution in [3.8, 4) is 0 Å². The first-order valence-corrected chi connectivity index (χ1v) is 8.65. The van der Waals surface area contributed by atoms with Gasteiger partial charge < -0.3 is 14.9 Å². The van der Waals surface area contributed by atoms with Crippen LogP contribution in [0.15, 0.2) is 28.8 Å². The number of carboxylic acid groups (broad SMARTS) is 1. The molecule has 1 aromatic carbocycles. The average molecular weight is 357 g/mol. The number of carbonyl (C=O) groups excluding carboxylic acids is 1. The molecule has 2 atom stereocenters. The molecule has 0 unspecified atom stereocenters. The third-order valence-corrected chi connectivity index (χ3v) is 4.94. The number of benzene rings is 1. The minimum absolute atomic E-state index is 0.190. The fourth-order valence-electron chi connectivity index (χ4n) is 3.27. The summed E-state index contributed by atoms with van der Waals surface area (Å²) in [6, 6.07) is 7.35. The number of nitrogens with zero attached hydrogens (tertiary/aromatic N) is 2. The van der Waals surface area contributed by atoms with E-state index in [1.165, 1.54) is 0 Å². The Bertz CT molecular complexity index is 824. The number of hydrogen-bond donors (Lipinski definition) is 2. The van der Waals surface area contributed by atoms with Crippen molar-refractivity contribution in [2.45, 2.75) is 40.0 Å². The summed E-state index contributed by atoms with van der Waals surface area (Å²) in [5, 5.41) is 16.0. The molecule has 2 N–H and O–H groups in total. The maximum Gasteiger partial charge on any atom is 0.307 e. The lowest BCUT2D eigenvalue weighted by Gasteiger charge is -2.07. The average Bonchev–Trinajstić information content (AvgIpc) is 2.90. The van der Waals surface area contributed by atoms with Gasteiger partial charge in [-0.05, 0) is 23.1 Å². The zero-order chi connectivity index (χ0) is 19.1. The van der Waals surface area contributed by atoms with E-state index in [1.54, 1.807) is 26.0 Å². The van der Waals surface area contributed by atoms with Crippen LogP contribution in [0.1, 0.15) is 50.9 Å². The number of aromatic nitrogens is 2. The lowest BCUT2D eigenvalue weighted by atomic mass is 10.1. The van der Waals surface area contributed by atoms with E-state index in [4.69, 9.17) is 4.52 Å². The largest absolute Gasteiger partial charge is 0.481 e. The van der Waals surface area contributed by atoms with E-state index in [0.29, 0.717) is 23.8 Å². The van der Waals surface area contributed by atoms with E-state index in [1.807, 2.05) is 26.0 Å². The van der Waals surface area contributed by atoms with Crippen LogP contribution in [0.5, 0.6) is 0 Å². The number of nitrogens with one attached hydrogen (secondary N) is 1. The highest BCUT2D eigenvalue weighted by Gasteiger charge is 2.65. The second kappa shape index (κ2) is 6.55. The highest BCUT2D eigenvalue weighted by Crippen LogP contribution is 2.58. The summed E-state index contributed by atoms with van der Waals surface area (Å²) in [4.78, 5) is 27.9. The number of amides is 1. The van der Waals surface area contributed by atoms with E-state index in [0.717, 1.165) is 5.56 Å². The molecule has 1 amide bonds. The molecular weight excluding hydrogens is 334 g/mol. The van der Waals surface area contributed by atoms with E-state index < -0.39 is 23.2 Å². The summed E-state index contributed by atoms with van der Waals surface area (Å²) in [6.07, 6.45) is 0.543. The van der Waals surface area contributed by atoms with Gasteiger partial charge in [-0.15, -0.1) is 0 Å². The van der Waals surface area contributed by atoms with Crippen molar-refractivity contribution in [1.82, 2.24) is 10.1 Å². The van der Waals surface area contributed by atoms with Crippen LogP contribution in [-0.2, 0) is 16.0 Å². The van der Waals surface area contributed by atoms with E-state index >= 15 is 0 Å². The molecule has 1 heterocycles. The molecule has 1 fully saturated rings. The topological polar surface area (TPSA) is 105 Å². The van der Waals surface area contributed by atoms with Crippen molar-refractivity contribution in [2.24, 2.45) is 17.3 Å². The first kappa shape index (κ1) is 18.1. The molecule has 0 aliphatic heterocycles. The van der Waals surface area contributed by atoms with Gasteiger partial charge in [0.2, 0.25) is 11.8 Å². The predicted molar refractivity (Wildman–Crippen MR) is 94.7 cm³/mol. The Morgan fingerprint density at radius 3 is 2.38 bits per heavy atom. The molecule has 26 heavy (non-hydrogen) atoms. The summed E-state index contributed by atoms with van der Waals surface area (Å²) in [5.41, 5.74) is 1.12. The van der Waals surface area contributed by atoms with Gasteiger partial charge >= 0.3 is 5.97 Å². The van der Waals surface area contributed by atoms with Gasteiger partial charge in [0.25, 0.3) is 0 Å². The molecular formula is C19H23N3O4. The van der Waals surface area contributed by atoms with Gasteiger partial charge in [-0.25, -0.2) is 0 Å². The Kier molecular flexibility index (Phi) is 4.56. The quantitative estimate of drug-likeness (QED) is 0.823. The van der Waals surface area contributed by atoms with Crippen LogP contribution in [0, 0.1) is 17.3 Å². The Balaban J connectivity index is 1.61. The van der Waals surface area contributed by atoms with Crippen molar-refractivity contribution in [3.05, 3.63) is 41.5 Å². The molecule has 3 rings (SSSR count). The minimum Gasteiger partial charge on any atom is -0.481 e. The van der Waals surface area contributed by atoms with Crippen LogP contribution in [0.4, 0.5) is 5.69 Å². The third kappa shape index (κ3) is 3.47. The second-order valence-corrected chi connectivity index (χ2v) is 7.68. The van der Waals surface area contributed by atoms with E-state index in [2.05, 4.69) is 15.5 Å². The number of carbonyl (C=O) groups is 2. The van der Waals surface area contributed by atoms with E-state index in [9.17, 15) is 14.7 Å². The molecule has 7 nitrogen and oxygen atoms in total. The fourth-order valence-corrected chi connectivity index (χ4v) is 3.27. The smallest absolute Gasteiger partial charge is 0.307 e. The first-order chi connectivity index (χ1) is 12.2. The molecule has 0 radical (unpaired) electrons. The van der Waals surface area contributed by atoms with Crippen molar-refractivity contribution in [1.29, 1.82) is 0 Å². The molecule has 0 saturated heterocycles. The Morgan fingerprint density at radius 1 is 1.23 bits per heavy atom. The number of anilines is 1. The van der Waals surface area contributed by atoms with Crippen LogP contribution in [0.2, 0.25) is 0 Å². The highest BCUT2D eigenvalue weighted by molar-refractivity contribution is 5.99. The summed E-state index contributed by atoms with van der Waals surface area (Å²) < 4.78 is 5.19. The van der Waals surface area contributed by atoms with Crippen LogP contribution in [0.3, 0.4) is 0 Å². The number of hydrogen-bond acceptors (Lipinski definition) is 5. The number of rotatable bonds is 6. The summed E-state index contributed by atoms with van der Waals surface area (Å²) in [6.45, 7) is 7.58. The number of carboxylic acids is 1. The van der Waals surface area contributed by atoms with Gasteiger partial charge in [0, 0.05) is 18.0 Å². The normalized spacial score (nSPS) is 20.8. The minimum atomic E-state index is -0.925. The van der Waals surface area contributed by atoms with Crippen LogP contribution in [-0.4, -0.2) is 27.1 Å². The van der Waals surface area contributed by atoms with Gasteiger partial charge in [-0.2, -0.15) is 4.98 Å². The van der Waals surface area contributed by atoms with Gasteiger partial charge in [-0.3, -0.25) is 9.59 Å². The maximum absolute atomic E-state index is 12.3. The van der Waals surface area contributed by atoms with Crippen LogP contribution in [0.25, 0.3) is 0 Å². The molecule has 2 aromatic rings. The fraction of sp³-hybridized carbons (Fsp3) is 0.474. The molecule has 0 bridgehead atoms. The third-order valence-electron chi connectivity index (χ3n) is 4.94. The highest BCUT2D eigenvalue weighted by atomic mass is 16.5. The molecule has 0 spiro atoms. The standard InChI is InChI=1S/C19H23N3O4/c1-10(2)17-21-13(22-26-17)9-11-5-7-12(8-6-11)20-16(23)14-15(18(24)25)19(14,3)4/h5-8,10,14-15H,9H2,1-4H3,(H,20,23)(H,24,25)/t14-,15-/m1/s1. The van der Waals surface area contributed by atoms with Crippen molar-refractivity contribution >= 4 is 17.6 Å². The Hall–Kier alpha value is -2.70. The summed E-state index contributed by atoms with van der Waals surface area (Å²) in [7, 11) is 0. The van der Waals surface area contributed by atoms with Crippen molar-refractivity contribution < 1.29 is 19.2 Å². The number of aliphatic carboxylic acids is 1. The lowest BCUT2D eigenvalue weighted by Crippen LogP contribution is -2.17. The molecule has 7 heteroatoms. The van der Waals surface area contributed by atoms with Gasteiger partial charge in [0.15, 0.2) is 5.82 Å². The van der Waals surface area contributed by atoms with Gasteiger partial charge in [0.05, 0.1) is 11.8 Å². The van der Waals surface area contributed by atoms with Crippen molar-refractivity contribution in [2.75, 3.05) is 5.32 Å². The van der Waals surface area contributed by atoms with Crippen LogP contribution >= 0.6 is 0 Å². The van der Waals surface area contributed by atoms with Crippen LogP contribution < -0.4 is 5.32 Å². The second-order valence-electron chi connectivity index (χ2n) is 7.68. The van der Waals surface area contributed by atoms with Crippen molar-refractivity contribution in [3.63, 3.8) is 0 Å². The van der Waals surface area contributed by atoms with Gasteiger partial charge in [0.1, 0.15) is 0 Å². The molecule has 1 saturated carbocycles. The summed E-state index contributed by atoms with van der Waals surface area (Å²) in [5.74, 6) is -0.890. The summed E-state index contributed by atoms with van der Waals surface area (Å²) >= 11 is 0. The predicted octanol–water partition coefficient (Wildman–Crippen LogP) is 3.08. The molecule has 1 aromatic heterocycles. The molecule has 1 aliphatic rings. The molecule has 1 aliphatic carbocycles. The molecule has 138 valence electrons. The van der Waals surface area contributed by atoms with Gasteiger partial charge in [-0.1, -0.05) is 45.0 Å². The Labute approximate surface area is 151 Å². The lowest BCUT2D eigenvalue weighted by molar-refractivity contribution is -0.140.